The van der Waals surface area contributed by atoms with E-state index in [0.29, 0.717) is 0 Å². The van der Waals surface area contributed by atoms with E-state index >= 15 is 0 Å². The lowest BCUT2D eigenvalue weighted by molar-refractivity contribution is 0.628. The van der Waals surface area contributed by atoms with Gasteiger partial charge in [-0.05, 0) is 29.7 Å². The van der Waals surface area contributed by atoms with Gasteiger partial charge in [0.2, 0.25) is 0 Å². The van der Waals surface area contributed by atoms with Crippen LogP contribution in [0.4, 0.5) is 4.39 Å². The fourth-order valence-electron chi connectivity index (χ4n) is 2.82. The van der Waals surface area contributed by atoms with Crippen LogP contribution >= 0.6 is 0 Å². The normalized spacial score (nSPS) is 11.1. The van der Waals surface area contributed by atoms with Crippen LogP contribution in [-0.2, 0) is 0 Å². The molecule has 0 spiro atoms. The molecule has 0 N–H and O–H groups in total. The third-order valence-corrected chi connectivity index (χ3v) is 3.84. The van der Waals surface area contributed by atoms with Crippen LogP contribution in [0, 0.1) is 5.82 Å². The van der Waals surface area contributed by atoms with Crippen molar-refractivity contribution in [2.45, 2.75) is 19.8 Å². The molecule has 22 heavy (non-hydrogen) atoms. The number of hydrogen-bond acceptors (Lipinski definition) is 1. The standard InChI is InChI=1S/C20H18FN/c1-4-16-19(14-9-11-15(21)12-10-14)17-7-5-6-8-18(17)22-20(16)13(2)3/h4-13H,1H2,2-3H3. The molecular formula is C20H18FN. The van der Waals surface area contributed by atoms with Crippen molar-refractivity contribution < 1.29 is 4.39 Å². The maximum Gasteiger partial charge on any atom is 0.123 e. The first-order chi connectivity index (χ1) is 10.6. The van der Waals surface area contributed by atoms with Gasteiger partial charge >= 0.3 is 0 Å². The van der Waals surface area contributed by atoms with Crippen LogP contribution in [0.15, 0.2) is 55.1 Å². The lowest BCUT2D eigenvalue weighted by Crippen LogP contribution is -2.00. The van der Waals surface area contributed by atoms with Gasteiger partial charge in [0.25, 0.3) is 0 Å². The van der Waals surface area contributed by atoms with Gasteiger partial charge in [-0.1, -0.05) is 56.8 Å². The Bertz CT molecular complexity index is 832. The molecule has 3 aromatic rings. The zero-order valence-corrected chi connectivity index (χ0v) is 12.8. The summed E-state index contributed by atoms with van der Waals surface area (Å²) in [7, 11) is 0. The van der Waals surface area contributed by atoms with Crippen molar-refractivity contribution in [2.75, 3.05) is 0 Å². The molecule has 2 aromatic carbocycles. The first kappa shape index (κ1) is 14.5. The van der Waals surface area contributed by atoms with Crippen LogP contribution in [-0.4, -0.2) is 4.98 Å². The van der Waals surface area contributed by atoms with Gasteiger partial charge in [-0.25, -0.2) is 4.39 Å². The number of hydrogen-bond donors (Lipinski definition) is 0. The number of benzene rings is 2. The van der Waals surface area contributed by atoms with Gasteiger partial charge in [0.15, 0.2) is 0 Å². The third-order valence-electron chi connectivity index (χ3n) is 3.84. The topological polar surface area (TPSA) is 12.9 Å². The van der Waals surface area contributed by atoms with Gasteiger partial charge in [-0.2, -0.15) is 0 Å². The van der Waals surface area contributed by atoms with E-state index in [2.05, 4.69) is 26.5 Å². The van der Waals surface area contributed by atoms with Crippen molar-refractivity contribution in [1.82, 2.24) is 4.98 Å². The van der Waals surface area contributed by atoms with Crippen LogP contribution in [0.5, 0.6) is 0 Å². The van der Waals surface area contributed by atoms with Gasteiger partial charge in [-0.3, -0.25) is 4.98 Å². The lowest BCUT2D eigenvalue weighted by atomic mass is 9.91. The molecule has 1 nitrogen and oxygen atoms in total. The van der Waals surface area contributed by atoms with Gasteiger partial charge in [-0.15, -0.1) is 0 Å². The van der Waals surface area contributed by atoms with Gasteiger partial charge in [0.1, 0.15) is 5.82 Å². The van der Waals surface area contributed by atoms with E-state index in [1.165, 1.54) is 12.1 Å². The Kier molecular flexibility index (Phi) is 3.76. The van der Waals surface area contributed by atoms with E-state index in [4.69, 9.17) is 4.98 Å². The lowest BCUT2D eigenvalue weighted by Gasteiger charge is -2.17. The molecule has 0 saturated carbocycles. The fraction of sp³-hybridized carbons (Fsp3) is 0.150. The van der Waals surface area contributed by atoms with Crippen molar-refractivity contribution in [2.24, 2.45) is 0 Å². The second-order valence-electron chi connectivity index (χ2n) is 5.67. The molecule has 1 heterocycles. The molecule has 0 amide bonds. The molecule has 2 heteroatoms. The SMILES string of the molecule is C=Cc1c(C(C)C)nc2ccccc2c1-c1ccc(F)cc1. The van der Waals surface area contributed by atoms with Crippen LogP contribution < -0.4 is 0 Å². The van der Waals surface area contributed by atoms with Gasteiger partial charge in [0.05, 0.1) is 11.2 Å². The summed E-state index contributed by atoms with van der Waals surface area (Å²) >= 11 is 0. The first-order valence-electron chi connectivity index (χ1n) is 7.43. The minimum absolute atomic E-state index is 0.230. The molecule has 0 aliphatic rings. The molecule has 0 unspecified atom stereocenters. The predicted octanol–water partition coefficient (Wildman–Crippen LogP) is 5.81. The molecule has 0 fully saturated rings. The van der Waals surface area contributed by atoms with Crippen molar-refractivity contribution >= 4 is 17.0 Å². The van der Waals surface area contributed by atoms with E-state index in [1.807, 2.05) is 36.4 Å². The number of aromatic nitrogens is 1. The predicted molar refractivity (Wildman–Crippen MR) is 91.3 cm³/mol. The van der Waals surface area contributed by atoms with Crippen LogP contribution in [0.3, 0.4) is 0 Å². The summed E-state index contributed by atoms with van der Waals surface area (Å²) in [5.74, 6) is 0.0585. The summed E-state index contributed by atoms with van der Waals surface area (Å²) in [5.41, 5.74) is 5.06. The number of para-hydroxylation sites is 1. The highest BCUT2D eigenvalue weighted by Crippen LogP contribution is 2.36. The molecule has 1 aromatic heterocycles. The van der Waals surface area contributed by atoms with Crippen molar-refractivity contribution in [1.29, 1.82) is 0 Å². The number of rotatable bonds is 3. The second kappa shape index (κ2) is 5.72. The summed E-state index contributed by atoms with van der Waals surface area (Å²) < 4.78 is 13.3. The Morgan fingerprint density at radius 3 is 2.36 bits per heavy atom. The summed E-state index contributed by atoms with van der Waals surface area (Å²) in [5, 5.41) is 1.06. The zero-order valence-electron chi connectivity index (χ0n) is 12.8. The highest BCUT2D eigenvalue weighted by molar-refractivity contribution is 5.99. The quantitative estimate of drug-likeness (QED) is 0.593. The third kappa shape index (κ3) is 2.41. The summed E-state index contributed by atoms with van der Waals surface area (Å²) in [4.78, 5) is 4.80. The second-order valence-corrected chi connectivity index (χ2v) is 5.67. The number of nitrogens with zero attached hydrogens (tertiary/aromatic N) is 1. The van der Waals surface area contributed by atoms with E-state index in [9.17, 15) is 4.39 Å². The maximum atomic E-state index is 13.3. The largest absolute Gasteiger partial charge is 0.252 e. The molecule has 110 valence electrons. The van der Waals surface area contributed by atoms with Gasteiger partial charge in [0, 0.05) is 16.5 Å². The van der Waals surface area contributed by atoms with E-state index in [0.717, 1.165) is 33.3 Å². The molecule has 0 aliphatic carbocycles. The summed E-state index contributed by atoms with van der Waals surface area (Å²) in [6, 6.07) is 14.7. The Hall–Kier alpha value is -2.48. The first-order valence-corrected chi connectivity index (χ1v) is 7.43. The van der Waals surface area contributed by atoms with Crippen LogP contribution in [0.1, 0.15) is 31.0 Å². The van der Waals surface area contributed by atoms with Crippen LogP contribution in [0.2, 0.25) is 0 Å². The summed E-state index contributed by atoms with van der Waals surface area (Å²) in [6.07, 6.45) is 1.85. The minimum atomic E-state index is -0.230. The molecule has 0 aliphatic heterocycles. The number of fused-ring (bicyclic) bond motifs is 1. The Balaban J connectivity index is 2.43. The van der Waals surface area contributed by atoms with Crippen molar-refractivity contribution in [3.05, 3.63) is 72.2 Å². The van der Waals surface area contributed by atoms with Crippen molar-refractivity contribution in [3.8, 4) is 11.1 Å². The zero-order chi connectivity index (χ0) is 15.7. The number of pyridine rings is 1. The molecule has 0 bridgehead atoms. The molecule has 0 radical (unpaired) electrons. The molecular weight excluding hydrogens is 273 g/mol. The minimum Gasteiger partial charge on any atom is -0.252 e. The summed E-state index contributed by atoms with van der Waals surface area (Å²) in [6.45, 7) is 8.22. The number of halogens is 1. The van der Waals surface area contributed by atoms with Crippen molar-refractivity contribution in [3.63, 3.8) is 0 Å². The highest BCUT2D eigenvalue weighted by atomic mass is 19.1. The fourth-order valence-corrected chi connectivity index (χ4v) is 2.82. The average molecular weight is 291 g/mol. The van der Waals surface area contributed by atoms with E-state index in [1.54, 1.807) is 0 Å². The van der Waals surface area contributed by atoms with Gasteiger partial charge < -0.3 is 0 Å². The van der Waals surface area contributed by atoms with Crippen LogP contribution in [0.25, 0.3) is 28.1 Å². The molecule has 0 saturated heterocycles. The Morgan fingerprint density at radius 2 is 1.73 bits per heavy atom. The van der Waals surface area contributed by atoms with E-state index < -0.39 is 0 Å². The monoisotopic (exact) mass is 291 g/mol. The highest BCUT2D eigenvalue weighted by Gasteiger charge is 2.16. The Labute approximate surface area is 130 Å². The molecule has 3 rings (SSSR count). The molecule has 0 atom stereocenters. The smallest absolute Gasteiger partial charge is 0.123 e. The Morgan fingerprint density at radius 1 is 1.05 bits per heavy atom. The maximum absolute atomic E-state index is 13.3. The average Bonchev–Trinajstić information content (AvgIpc) is 2.53. The van der Waals surface area contributed by atoms with E-state index in [-0.39, 0.29) is 11.7 Å².